The predicted octanol–water partition coefficient (Wildman–Crippen LogP) is 0.703. The van der Waals surface area contributed by atoms with Gasteiger partial charge >= 0.3 is 0 Å². The maximum absolute atomic E-state index is 10.9. The predicted molar refractivity (Wildman–Crippen MR) is 53.3 cm³/mol. The lowest BCUT2D eigenvalue weighted by molar-refractivity contribution is 0.111. The average Bonchev–Trinajstić information content (AvgIpc) is 2.54. The summed E-state index contributed by atoms with van der Waals surface area (Å²) in [5.74, 6) is 0. The van der Waals surface area contributed by atoms with Gasteiger partial charge in [0.25, 0.3) is 0 Å². The highest BCUT2D eigenvalue weighted by molar-refractivity contribution is 5.75. The Morgan fingerprint density at radius 2 is 2.36 bits per heavy atom. The normalized spacial score (nSPS) is 16.7. The minimum Gasteiger partial charge on any atom is -0.302 e. The Bertz CT molecular complexity index is 356. The molecule has 76 valence electrons. The first kappa shape index (κ1) is 9.40. The van der Waals surface area contributed by atoms with Gasteiger partial charge in [0.1, 0.15) is 5.69 Å². The van der Waals surface area contributed by atoms with Crippen molar-refractivity contribution in [1.29, 1.82) is 0 Å². The second kappa shape index (κ2) is 3.53. The van der Waals surface area contributed by atoms with Crippen LogP contribution in [0.5, 0.6) is 0 Å². The van der Waals surface area contributed by atoms with Crippen molar-refractivity contribution in [2.75, 3.05) is 13.6 Å². The van der Waals surface area contributed by atoms with Crippen LogP contribution in [0.4, 0.5) is 0 Å². The molecule has 1 aromatic rings. The van der Waals surface area contributed by atoms with Gasteiger partial charge in [0, 0.05) is 31.6 Å². The molecule has 0 atom stereocenters. The molecule has 0 bridgehead atoms. The Morgan fingerprint density at radius 3 is 3.00 bits per heavy atom. The molecular formula is C10H15N3O. The van der Waals surface area contributed by atoms with Gasteiger partial charge in [-0.05, 0) is 14.0 Å². The van der Waals surface area contributed by atoms with Crippen molar-refractivity contribution in [2.45, 2.75) is 26.4 Å². The number of rotatable bonds is 2. The number of carbonyl (C=O) groups is 1. The van der Waals surface area contributed by atoms with Gasteiger partial charge in [0.05, 0.1) is 5.69 Å². The zero-order valence-electron chi connectivity index (χ0n) is 8.66. The molecule has 14 heavy (non-hydrogen) atoms. The lowest BCUT2D eigenvalue weighted by Gasteiger charge is -2.21. The van der Waals surface area contributed by atoms with Gasteiger partial charge < -0.3 is 4.90 Å². The Morgan fingerprint density at radius 1 is 1.57 bits per heavy atom. The van der Waals surface area contributed by atoms with Crippen molar-refractivity contribution >= 4 is 6.29 Å². The average molecular weight is 193 g/mol. The molecule has 0 unspecified atom stereocenters. The lowest BCUT2D eigenvalue weighted by atomic mass is 10.1. The molecule has 0 amide bonds. The minimum absolute atomic E-state index is 0.758. The molecule has 2 heterocycles. The summed E-state index contributed by atoms with van der Waals surface area (Å²) in [7, 11) is 2.07. The van der Waals surface area contributed by atoms with Crippen LogP contribution in [-0.2, 0) is 19.5 Å². The number of aryl methyl sites for hydroxylation is 1. The van der Waals surface area contributed by atoms with Gasteiger partial charge in [0.15, 0.2) is 6.29 Å². The number of nitrogens with zero attached hydrogens (tertiary/aromatic N) is 3. The number of aromatic nitrogens is 2. The molecule has 0 saturated heterocycles. The quantitative estimate of drug-likeness (QED) is 0.649. The van der Waals surface area contributed by atoms with E-state index in [0.717, 1.165) is 49.3 Å². The first-order valence-corrected chi connectivity index (χ1v) is 4.98. The van der Waals surface area contributed by atoms with E-state index in [-0.39, 0.29) is 0 Å². The number of likely N-dealkylation sites (N-methyl/N-ethyl adjacent to an activating group) is 1. The summed E-state index contributed by atoms with van der Waals surface area (Å²) in [6.45, 7) is 4.66. The highest BCUT2D eigenvalue weighted by atomic mass is 16.1. The highest BCUT2D eigenvalue weighted by Crippen LogP contribution is 2.20. The SMILES string of the molecule is CCn1nc2c(c1C=O)CN(C)CC2. The van der Waals surface area contributed by atoms with Crippen LogP contribution in [0.3, 0.4) is 0 Å². The van der Waals surface area contributed by atoms with Crippen molar-refractivity contribution in [3.05, 3.63) is 17.0 Å². The van der Waals surface area contributed by atoms with E-state index in [2.05, 4.69) is 17.0 Å². The second-order valence-corrected chi connectivity index (χ2v) is 3.73. The topological polar surface area (TPSA) is 38.1 Å². The molecule has 1 aliphatic rings. The van der Waals surface area contributed by atoms with E-state index in [4.69, 9.17) is 0 Å². The molecule has 0 aliphatic carbocycles. The third-order valence-electron chi connectivity index (χ3n) is 2.75. The van der Waals surface area contributed by atoms with Crippen molar-refractivity contribution in [3.63, 3.8) is 0 Å². The van der Waals surface area contributed by atoms with Gasteiger partial charge in [-0.3, -0.25) is 9.48 Å². The molecule has 0 N–H and O–H groups in total. The lowest BCUT2D eigenvalue weighted by Crippen LogP contribution is -2.26. The Balaban J connectivity index is 2.46. The summed E-state index contributed by atoms with van der Waals surface area (Å²) >= 11 is 0. The zero-order chi connectivity index (χ0) is 10.1. The van der Waals surface area contributed by atoms with E-state index < -0.39 is 0 Å². The van der Waals surface area contributed by atoms with Crippen molar-refractivity contribution in [2.24, 2.45) is 0 Å². The van der Waals surface area contributed by atoms with E-state index in [9.17, 15) is 4.79 Å². The standard InChI is InChI=1S/C10H15N3O/c1-3-13-10(7-14)8-6-12(2)5-4-9(8)11-13/h7H,3-6H2,1-2H3. The number of carbonyl (C=O) groups excluding carboxylic acids is 1. The summed E-state index contributed by atoms with van der Waals surface area (Å²) < 4.78 is 1.80. The fraction of sp³-hybridized carbons (Fsp3) is 0.600. The third-order valence-corrected chi connectivity index (χ3v) is 2.75. The maximum Gasteiger partial charge on any atom is 0.168 e. The maximum atomic E-state index is 10.9. The van der Waals surface area contributed by atoms with Crippen LogP contribution in [0.25, 0.3) is 0 Å². The van der Waals surface area contributed by atoms with Crippen molar-refractivity contribution < 1.29 is 4.79 Å². The zero-order valence-corrected chi connectivity index (χ0v) is 8.66. The molecule has 0 spiro atoms. The van der Waals surface area contributed by atoms with Gasteiger partial charge in [-0.2, -0.15) is 5.10 Å². The van der Waals surface area contributed by atoms with Crippen LogP contribution in [0, 0.1) is 0 Å². The van der Waals surface area contributed by atoms with Crippen LogP contribution in [0.15, 0.2) is 0 Å². The van der Waals surface area contributed by atoms with E-state index in [0.29, 0.717) is 0 Å². The highest BCUT2D eigenvalue weighted by Gasteiger charge is 2.21. The summed E-state index contributed by atoms with van der Waals surface area (Å²) in [6, 6.07) is 0. The summed E-state index contributed by atoms with van der Waals surface area (Å²) in [4.78, 5) is 13.2. The summed E-state index contributed by atoms with van der Waals surface area (Å²) in [5, 5.41) is 4.43. The van der Waals surface area contributed by atoms with Crippen LogP contribution in [-0.4, -0.2) is 34.6 Å². The van der Waals surface area contributed by atoms with Crippen LogP contribution < -0.4 is 0 Å². The fourth-order valence-corrected chi connectivity index (χ4v) is 1.96. The minimum atomic E-state index is 0.758. The molecule has 4 nitrogen and oxygen atoms in total. The molecule has 0 fully saturated rings. The largest absolute Gasteiger partial charge is 0.302 e. The number of hydrogen-bond donors (Lipinski definition) is 0. The van der Waals surface area contributed by atoms with E-state index in [1.165, 1.54) is 0 Å². The van der Waals surface area contributed by atoms with E-state index in [1.54, 1.807) is 4.68 Å². The first-order valence-electron chi connectivity index (χ1n) is 4.98. The Labute approximate surface area is 83.5 Å². The van der Waals surface area contributed by atoms with E-state index in [1.807, 2.05) is 6.92 Å². The molecule has 4 heteroatoms. The third kappa shape index (κ3) is 1.35. The van der Waals surface area contributed by atoms with Crippen LogP contribution >= 0.6 is 0 Å². The van der Waals surface area contributed by atoms with Crippen molar-refractivity contribution in [1.82, 2.24) is 14.7 Å². The Kier molecular flexibility index (Phi) is 2.37. The molecule has 0 saturated carbocycles. The Hall–Kier alpha value is -1.16. The second-order valence-electron chi connectivity index (χ2n) is 3.73. The molecule has 2 rings (SSSR count). The fourth-order valence-electron chi connectivity index (χ4n) is 1.96. The summed E-state index contributed by atoms with van der Waals surface area (Å²) in [5.41, 5.74) is 2.98. The number of fused-ring (bicyclic) bond motifs is 1. The smallest absolute Gasteiger partial charge is 0.168 e. The van der Waals surface area contributed by atoms with Crippen molar-refractivity contribution in [3.8, 4) is 0 Å². The molecule has 0 radical (unpaired) electrons. The van der Waals surface area contributed by atoms with Gasteiger partial charge in [0.2, 0.25) is 0 Å². The van der Waals surface area contributed by atoms with Gasteiger partial charge in [-0.25, -0.2) is 0 Å². The molecule has 0 aromatic carbocycles. The molecule has 1 aromatic heterocycles. The first-order chi connectivity index (χ1) is 6.76. The monoisotopic (exact) mass is 193 g/mol. The van der Waals surface area contributed by atoms with Gasteiger partial charge in [-0.1, -0.05) is 0 Å². The van der Waals surface area contributed by atoms with Crippen LogP contribution in [0.2, 0.25) is 0 Å². The summed E-state index contributed by atoms with van der Waals surface area (Å²) in [6.07, 6.45) is 1.88. The van der Waals surface area contributed by atoms with Crippen LogP contribution in [0.1, 0.15) is 28.7 Å². The van der Waals surface area contributed by atoms with E-state index >= 15 is 0 Å². The number of aldehydes is 1. The molecular weight excluding hydrogens is 178 g/mol. The van der Waals surface area contributed by atoms with Gasteiger partial charge in [-0.15, -0.1) is 0 Å². The molecule has 1 aliphatic heterocycles. The number of hydrogen-bond acceptors (Lipinski definition) is 3.